The van der Waals surface area contributed by atoms with Gasteiger partial charge in [0.2, 0.25) is 0 Å². The monoisotopic (exact) mass is 263 g/mol. The van der Waals surface area contributed by atoms with Crippen LogP contribution in [0.4, 0.5) is 5.88 Å². The van der Waals surface area contributed by atoms with E-state index in [4.69, 9.17) is 4.42 Å². The van der Waals surface area contributed by atoms with Crippen molar-refractivity contribution in [3.05, 3.63) is 18.4 Å². The molecule has 0 amide bonds. The summed E-state index contributed by atoms with van der Waals surface area (Å²) in [7, 11) is 0. The van der Waals surface area contributed by atoms with Gasteiger partial charge in [0.15, 0.2) is 5.88 Å². The molecule has 19 heavy (non-hydrogen) atoms. The molecule has 108 valence electrons. The first-order chi connectivity index (χ1) is 9.18. The van der Waals surface area contributed by atoms with E-state index >= 15 is 0 Å². The maximum atomic E-state index is 5.82. The minimum absolute atomic E-state index is 0.280. The van der Waals surface area contributed by atoms with E-state index in [9.17, 15) is 0 Å². The summed E-state index contributed by atoms with van der Waals surface area (Å²) in [4.78, 5) is 2.66. The zero-order valence-corrected chi connectivity index (χ0v) is 13.0. The molecule has 0 unspecified atom stereocenters. The average molecular weight is 263 g/mol. The lowest BCUT2D eigenvalue weighted by Crippen LogP contribution is -2.63. The van der Waals surface area contributed by atoms with Gasteiger partial charge in [-0.2, -0.15) is 0 Å². The Labute approximate surface area is 118 Å². The number of rotatable bonds is 5. The van der Waals surface area contributed by atoms with Gasteiger partial charge in [0.1, 0.15) is 0 Å². The van der Waals surface area contributed by atoms with Gasteiger partial charge in [0, 0.05) is 17.1 Å². The number of furan rings is 1. The van der Waals surface area contributed by atoms with Crippen LogP contribution in [0, 0.1) is 0 Å². The van der Waals surface area contributed by atoms with Crippen LogP contribution in [0.15, 0.2) is 22.8 Å². The highest BCUT2D eigenvalue weighted by Crippen LogP contribution is 2.48. The lowest BCUT2D eigenvalue weighted by atomic mass is 9.71. The van der Waals surface area contributed by atoms with Crippen LogP contribution in [0.25, 0.3) is 0 Å². The highest BCUT2D eigenvalue weighted by molar-refractivity contribution is 5.45. The Balaban J connectivity index is 2.51. The Morgan fingerprint density at radius 2 is 1.53 bits per heavy atom. The van der Waals surface area contributed by atoms with Crippen molar-refractivity contribution in [2.45, 2.75) is 83.7 Å². The van der Waals surface area contributed by atoms with Crippen LogP contribution in [0.1, 0.15) is 72.6 Å². The third-order valence-electron chi connectivity index (χ3n) is 5.59. The van der Waals surface area contributed by atoms with Crippen LogP contribution in [-0.4, -0.2) is 11.1 Å². The summed E-state index contributed by atoms with van der Waals surface area (Å²) in [5.41, 5.74) is 0.560. The second kappa shape index (κ2) is 5.60. The SMILES string of the molecule is CCC1(CC)CCCC(CC)(CC)N1c1ccco1. The lowest BCUT2D eigenvalue weighted by molar-refractivity contribution is 0.156. The van der Waals surface area contributed by atoms with E-state index in [1.807, 2.05) is 12.3 Å². The second-order valence-electron chi connectivity index (χ2n) is 6.00. The van der Waals surface area contributed by atoms with Crippen LogP contribution in [0.2, 0.25) is 0 Å². The van der Waals surface area contributed by atoms with Crippen LogP contribution >= 0.6 is 0 Å². The average Bonchev–Trinajstić information content (AvgIpc) is 2.99. The predicted octanol–water partition coefficient (Wildman–Crippen LogP) is 5.39. The lowest BCUT2D eigenvalue weighted by Gasteiger charge is -2.58. The topological polar surface area (TPSA) is 16.4 Å². The maximum Gasteiger partial charge on any atom is 0.196 e. The molecule has 0 aliphatic carbocycles. The molecule has 1 fully saturated rings. The summed E-state index contributed by atoms with van der Waals surface area (Å²) < 4.78 is 5.82. The molecule has 2 rings (SSSR count). The fourth-order valence-corrected chi connectivity index (χ4v) is 4.18. The Hall–Kier alpha value is -0.920. The van der Waals surface area contributed by atoms with E-state index in [1.54, 1.807) is 0 Å². The molecule has 1 aromatic rings. The first kappa shape index (κ1) is 14.5. The van der Waals surface area contributed by atoms with Crippen molar-refractivity contribution in [2.24, 2.45) is 0 Å². The van der Waals surface area contributed by atoms with Crippen LogP contribution in [0.3, 0.4) is 0 Å². The Bertz CT molecular complexity index is 354. The van der Waals surface area contributed by atoms with Gasteiger partial charge in [-0.1, -0.05) is 27.7 Å². The summed E-state index contributed by atoms with van der Waals surface area (Å²) in [5.74, 6) is 1.08. The van der Waals surface area contributed by atoms with Crippen molar-refractivity contribution in [1.29, 1.82) is 0 Å². The Morgan fingerprint density at radius 3 is 1.89 bits per heavy atom. The normalized spacial score (nSPS) is 21.6. The van der Waals surface area contributed by atoms with Crippen molar-refractivity contribution < 1.29 is 4.42 Å². The van der Waals surface area contributed by atoms with Crippen LogP contribution < -0.4 is 4.90 Å². The van der Waals surface area contributed by atoms with Crippen LogP contribution in [0.5, 0.6) is 0 Å². The molecule has 2 heterocycles. The van der Waals surface area contributed by atoms with Gasteiger partial charge in [-0.25, -0.2) is 0 Å². The van der Waals surface area contributed by atoms with Crippen molar-refractivity contribution in [2.75, 3.05) is 4.90 Å². The number of nitrogens with zero attached hydrogens (tertiary/aromatic N) is 1. The van der Waals surface area contributed by atoms with E-state index in [2.05, 4.69) is 38.7 Å². The molecule has 1 aliphatic rings. The Kier molecular flexibility index (Phi) is 4.27. The molecule has 0 bridgehead atoms. The number of piperidine rings is 1. The van der Waals surface area contributed by atoms with Gasteiger partial charge in [-0.05, 0) is 51.0 Å². The quantitative estimate of drug-likeness (QED) is 0.708. The standard InChI is InChI=1S/C17H29NO/c1-5-16(6-2)12-10-13-17(7-3,8-4)18(16)15-11-9-14-19-15/h9,11,14H,5-8,10,12-13H2,1-4H3. The van der Waals surface area contributed by atoms with E-state index < -0.39 is 0 Å². The number of anilines is 1. The van der Waals surface area contributed by atoms with Crippen molar-refractivity contribution in [3.8, 4) is 0 Å². The molecule has 0 radical (unpaired) electrons. The second-order valence-corrected chi connectivity index (χ2v) is 6.00. The van der Waals surface area contributed by atoms with E-state index in [-0.39, 0.29) is 11.1 Å². The molecule has 0 N–H and O–H groups in total. The smallest absolute Gasteiger partial charge is 0.196 e. The first-order valence-electron chi connectivity index (χ1n) is 8.02. The largest absolute Gasteiger partial charge is 0.449 e. The summed E-state index contributed by atoms with van der Waals surface area (Å²) in [6, 6.07) is 4.17. The first-order valence-corrected chi connectivity index (χ1v) is 8.02. The molecule has 0 spiro atoms. The van der Waals surface area contributed by atoms with Crippen LogP contribution in [-0.2, 0) is 0 Å². The maximum absolute atomic E-state index is 5.82. The predicted molar refractivity (Wildman–Crippen MR) is 81.7 cm³/mol. The van der Waals surface area contributed by atoms with Crippen molar-refractivity contribution in [3.63, 3.8) is 0 Å². The minimum atomic E-state index is 0.280. The zero-order chi connectivity index (χ0) is 13.9. The number of hydrogen-bond donors (Lipinski definition) is 0. The number of hydrogen-bond acceptors (Lipinski definition) is 2. The van der Waals surface area contributed by atoms with Gasteiger partial charge in [-0.15, -0.1) is 0 Å². The molecule has 2 heteroatoms. The highest BCUT2D eigenvalue weighted by atomic mass is 16.3. The summed E-state index contributed by atoms with van der Waals surface area (Å²) in [6.07, 6.45) is 10.6. The highest BCUT2D eigenvalue weighted by Gasteiger charge is 2.49. The molecule has 0 saturated carbocycles. The molecule has 0 aromatic carbocycles. The van der Waals surface area contributed by atoms with E-state index in [0.717, 1.165) is 5.88 Å². The van der Waals surface area contributed by atoms with Gasteiger partial charge < -0.3 is 9.32 Å². The summed E-state index contributed by atoms with van der Waals surface area (Å²) in [6.45, 7) is 9.34. The van der Waals surface area contributed by atoms with Gasteiger partial charge in [0.25, 0.3) is 0 Å². The molecule has 0 atom stereocenters. The fourth-order valence-electron chi connectivity index (χ4n) is 4.18. The molecule has 1 saturated heterocycles. The zero-order valence-electron chi connectivity index (χ0n) is 13.0. The van der Waals surface area contributed by atoms with Gasteiger partial charge >= 0.3 is 0 Å². The van der Waals surface area contributed by atoms with E-state index in [1.165, 1.54) is 44.9 Å². The van der Waals surface area contributed by atoms with Crippen molar-refractivity contribution >= 4 is 5.88 Å². The van der Waals surface area contributed by atoms with Gasteiger partial charge in [0.05, 0.1) is 6.26 Å². The Morgan fingerprint density at radius 1 is 1.00 bits per heavy atom. The third-order valence-corrected chi connectivity index (χ3v) is 5.59. The molecular formula is C17H29NO. The molecular weight excluding hydrogens is 234 g/mol. The fraction of sp³-hybridized carbons (Fsp3) is 0.765. The summed E-state index contributed by atoms with van der Waals surface area (Å²) in [5, 5.41) is 0. The molecule has 1 aromatic heterocycles. The summed E-state index contributed by atoms with van der Waals surface area (Å²) >= 11 is 0. The van der Waals surface area contributed by atoms with Gasteiger partial charge in [-0.3, -0.25) is 0 Å². The van der Waals surface area contributed by atoms with E-state index in [0.29, 0.717) is 0 Å². The van der Waals surface area contributed by atoms with Crippen molar-refractivity contribution in [1.82, 2.24) is 0 Å². The third kappa shape index (κ3) is 2.19. The minimum Gasteiger partial charge on any atom is -0.449 e. The molecule has 2 nitrogen and oxygen atoms in total. The molecule has 1 aliphatic heterocycles.